The lowest BCUT2D eigenvalue weighted by molar-refractivity contribution is -0.151. The zero-order chi connectivity index (χ0) is 13.9. The van der Waals surface area contributed by atoms with Crippen LogP contribution in [0.1, 0.15) is 20.8 Å². The maximum Gasteiger partial charge on any atom is 0.316 e. The summed E-state index contributed by atoms with van der Waals surface area (Å²) in [5, 5.41) is 1.94. The van der Waals surface area contributed by atoms with Gasteiger partial charge in [0.2, 0.25) is 0 Å². The van der Waals surface area contributed by atoms with Crippen molar-refractivity contribution in [1.82, 2.24) is 4.98 Å². The first-order valence-corrected chi connectivity index (χ1v) is 7.13. The normalized spacial score (nSPS) is 11.5. The largest absolute Gasteiger partial charge is 0.459 e. The van der Waals surface area contributed by atoms with E-state index in [4.69, 9.17) is 4.74 Å². The second-order valence-electron chi connectivity index (χ2n) is 5.22. The number of esters is 1. The maximum atomic E-state index is 11.6. The van der Waals surface area contributed by atoms with Crippen molar-refractivity contribution < 1.29 is 9.53 Å². The van der Waals surface area contributed by atoms with Crippen molar-refractivity contribution in [2.75, 3.05) is 5.75 Å². The molecule has 0 atom stereocenters. The van der Waals surface area contributed by atoms with Crippen molar-refractivity contribution in [3.05, 3.63) is 36.4 Å². The highest BCUT2D eigenvalue weighted by Gasteiger charge is 2.16. The van der Waals surface area contributed by atoms with Crippen LogP contribution in [-0.4, -0.2) is 22.3 Å². The van der Waals surface area contributed by atoms with Gasteiger partial charge in [-0.15, -0.1) is 0 Å². The lowest BCUT2D eigenvalue weighted by atomic mass is 10.2. The summed E-state index contributed by atoms with van der Waals surface area (Å²) in [6.07, 6.45) is 0. The molecule has 3 nitrogen and oxygen atoms in total. The molecule has 19 heavy (non-hydrogen) atoms. The molecule has 0 bridgehead atoms. The molecule has 0 fully saturated rings. The summed E-state index contributed by atoms with van der Waals surface area (Å²) in [6, 6.07) is 11.9. The number of aromatic nitrogens is 1. The summed E-state index contributed by atoms with van der Waals surface area (Å²) in [6.45, 7) is 5.59. The number of pyridine rings is 1. The van der Waals surface area contributed by atoms with Gasteiger partial charge in [-0.05, 0) is 32.9 Å². The Morgan fingerprint density at radius 1 is 1.21 bits per heavy atom. The average Bonchev–Trinajstić information content (AvgIpc) is 2.34. The van der Waals surface area contributed by atoms with Crippen LogP contribution in [0.5, 0.6) is 0 Å². The number of carbonyl (C=O) groups is 1. The third-order valence-electron chi connectivity index (χ3n) is 2.33. The average molecular weight is 275 g/mol. The second-order valence-corrected chi connectivity index (χ2v) is 6.21. The van der Waals surface area contributed by atoms with Crippen LogP contribution in [0.2, 0.25) is 0 Å². The number of hydrogen-bond donors (Lipinski definition) is 0. The first-order chi connectivity index (χ1) is 8.94. The fraction of sp³-hybridized carbons (Fsp3) is 0.333. The molecule has 0 saturated carbocycles. The Morgan fingerprint density at radius 2 is 1.95 bits per heavy atom. The van der Waals surface area contributed by atoms with Gasteiger partial charge in [0.15, 0.2) is 0 Å². The SMILES string of the molecule is CC(C)(C)OC(=O)CSc1ccc2ccccc2n1. The predicted molar refractivity (Wildman–Crippen MR) is 78.3 cm³/mol. The van der Waals surface area contributed by atoms with E-state index < -0.39 is 5.60 Å². The summed E-state index contributed by atoms with van der Waals surface area (Å²) >= 11 is 1.40. The number of fused-ring (bicyclic) bond motifs is 1. The number of hydrogen-bond acceptors (Lipinski definition) is 4. The van der Waals surface area contributed by atoms with Crippen LogP contribution in [0.15, 0.2) is 41.4 Å². The van der Waals surface area contributed by atoms with Gasteiger partial charge in [-0.25, -0.2) is 4.98 Å². The standard InChI is InChI=1S/C15H17NO2S/c1-15(2,3)18-14(17)10-19-13-9-8-11-6-4-5-7-12(11)16-13/h4-9H,10H2,1-3H3. The topological polar surface area (TPSA) is 39.2 Å². The van der Waals surface area contributed by atoms with E-state index in [1.165, 1.54) is 11.8 Å². The summed E-state index contributed by atoms with van der Waals surface area (Å²) in [5.74, 6) is 0.0651. The van der Waals surface area contributed by atoms with E-state index in [1.807, 2.05) is 57.2 Å². The molecule has 0 spiro atoms. The molecular formula is C15H17NO2S. The molecule has 2 rings (SSSR count). The molecule has 0 aliphatic carbocycles. The van der Waals surface area contributed by atoms with Gasteiger partial charge >= 0.3 is 5.97 Å². The van der Waals surface area contributed by atoms with E-state index in [2.05, 4.69) is 4.98 Å². The van der Waals surface area contributed by atoms with Crippen LogP contribution in [0.4, 0.5) is 0 Å². The van der Waals surface area contributed by atoms with Gasteiger partial charge in [0.25, 0.3) is 0 Å². The minimum Gasteiger partial charge on any atom is -0.459 e. The first kappa shape index (κ1) is 13.9. The highest BCUT2D eigenvalue weighted by Crippen LogP contribution is 2.20. The highest BCUT2D eigenvalue weighted by molar-refractivity contribution is 7.99. The molecule has 1 heterocycles. The lowest BCUT2D eigenvalue weighted by Gasteiger charge is -2.19. The van der Waals surface area contributed by atoms with Crippen molar-refractivity contribution in [2.45, 2.75) is 31.4 Å². The van der Waals surface area contributed by atoms with Crippen LogP contribution >= 0.6 is 11.8 Å². The number of nitrogens with zero attached hydrogens (tertiary/aromatic N) is 1. The van der Waals surface area contributed by atoms with Gasteiger partial charge in [-0.3, -0.25) is 4.79 Å². The van der Waals surface area contributed by atoms with Gasteiger partial charge in [0.05, 0.1) is 16.3 Å². The van der Waals surface area contributed by atoms with Crippen LogP contribution in [0.25, 0.3) is 10.9 Å². The maximum absolute atomic E-state index is 11.6. The Hall–Kier alpha value is -1.55. The number of benzene rings is 1. The molecular weight excluding hydrogens is 258 g/mol. The van der Waals surface area contributed by atoms with E-state index in [0.717, 1.165) is 15.9 Å². The van der Waals surface area contributed by atoms with Crippen molar-refractivity contribution in [2.24, 2.45) is 0 Å². The Kier molecular flexibility index (Phi) is 4.10. The van der Waals surface area contributed by atoms with Crippen molar-refractivity contribution in [3.63, 3.8) is 0 Å². The Morgan fingerprint density at radius 3 is 2.68 bits per heavy atom. The van der Waals surface area contributed by atoms with E-state index in [0.29, 0.717) is 0 Å². The van der Waals surface area contributed by atoms with Crippen LogP contribution < -0.4 is 0 Å². The molecule has 0 aliphatic rings. The fourth-order valence-corrected chi connectivity index (χ4v) is 2.28. The zero-order valence-electron chi connectivity index (χ0n) is 11.3. The number of thioether (sulfide) groups is 1. The van der Waals surface area contributed by atoms with Crippen molar-refractivity contribution >= 4 is 28.6 Å². The van der Waals surface area contributed by atoms with Gasteiger partial charge in [0.1, 0.15) is 5.60 Å². The van der Waals surface area contributed by atoms with Crippen LogP contribution in [-0.2, 0) is 9.53 Å². The molecule has 0 unspecified atom stereocenters. The van der Waals surface area contributed by atoms with E-state index in [-0.39, 0.29) is 11.7 Å². The quantitative estimate of drug-likeness (QED) is 0.633. The first-order valence-electron chi connectivity index (χ1n) is 6.14. The molecule has 1 aromatic carbocycles. The number of rotatable bonds is 3. The highest BCUT2D eigenvalue weighted by atomic mass is 32.2. The minimum atomic E-state index is -0.436. The van der Waals surface area contributed by atoms with Crippen LogP contribution in [0, 0.1) is 0 Å². The third kappa shape index (κ3) is 4.24. The summed E-state index contributed by atoms with van der Waals surface area (Å²) in [5.41, 5.74) is 0.505. The molecule has 2 aromatic rings. The smallest absolute Gasteiger partial charge is 0.316 e. The molecule has 100 valence electrons. The van der Waals surface area contributed by atoms with Crippen LogP contribution in [0.3, 0.4) is 0 Å². The van der Waals surface area contributed by atoms with Gasteiger partial charge < -0.3 is 4.74 Å². The van der Waals surface area contributed by atoms with E-state index in [9.17, 15) is 4.79 Å². The number of para-hydroxylation sites is 1. The summed E-state index contributed by atoms with van der Waals surface area (Å²) in [4.78, 5) is 16.1. The van der Waals surface area contributed by atoms with Gasteiger partial charge in [0, 0.05) is 5.39 Å². The Balaban J connectivity index is 2.00. The molecule has 0 radical (unpaired) electrons. The molecule has 0 saturated heterocycles. The Labute approximate surface area is 117 Å². The fourth-order valence-electron chi connectivity index (χ4n) is 1.63. The second kappa shape index (κ2) is 5.61. The monoisotopic (exact) mass is 275 g/mol. The summed E-state index contributed by atoms with van der Waals surface area (Å²) < 4.78 is 5.26. The summed E-state index contributed by atoms with van der Waals surface area (Å²) in [7, 11) is 0. The molecule has 1 aromatic heterocycles. The van der Waals surface area contributed by atoms with Crippen molar-refractivity contribution in [3.8, 4) is 0 Å². The molecule has 0 aliphatic heterocycles. The minimum absolute atomic E-state index is 0.215. The van der Waals surface area contributed by atoms with Gasteiger partial charge in [-0.1, -0.05) is 36.0 Å². The number of ether oxygens (including phenoxy) is 1. The predicted octanol–water partition coefficient (Wildman–Crippen LogP) is 3.67. The third-order valence-corrected chi connectivity index (χ3v) is 3.23. The van der Waals surface area contributed by atoms with Gasteiger partial charge in [-0.2, -0.15) is 0 Å². The van der Waals surface area contributed by atoms with E-state index >= 15 is 0 Å². The Bertz CT molecular complexity index is 590. The molecule has 0 amide bonds. The lowest BCUT2D eigenvalue weighted by Crippen LogP contribution is -2.24. The molecule has 4 heteroatoms. The zero-order valence-corrected chi connectivity index (χ0v) is 12.2. The van der Waals surface area contributed by atoms with E-state index in [1.54, 1.807) is 0 Å². The number of carbonyl (C=O) groups excluding carboxylic acids is 1. The molecule has 0 N–H and O–H groups in total. The van der Waals surface area contributed by atoms with Crippen molar-refractivity contribution in [1.29, 1.82) is 0 Å².